The van der Waals surface area contributed by atoms with Crippen LogP contribution in [0.1, 0.15) is 66.6 Å². The molecule has 0 unspecified atom stereocenters. The molecule has 3 amide bonds. The standard InChI is InChI=1S/C24H29F5N8O3S/c1-13-18(35-40-34-13)19(38)33-15(4-5-22(2,3)24(27,28)29)16-11-37-17(32-16)8-14(9-31-37)10-36-7-6-23(41,20(25)26)12-30-21(36)39/h8-9,11,15,20,41H,4-7,10,12H2,1-3H3,(H,30,39)(H,33,38)/t15-,23+/m0/s1. The van der Waals surface area contributed by atoms with E-state index in [-0.39, 0.29) is 56.0 Å². The molecule has 2 N–H and O–H groups in total. The van der Waals surface area contributed by atoms with Crippen molar-refractivity contribution in [1.82, 2.24) is 40.4 Å². The van der Waals surface area contributed by atoms with Crippen LogP contribution in [0.15, 0.2) is 23.1 Å². The van der Waals surface area contributed by atoms with Crippen LogP contribution in [0.4, 0.5) is 26.7 Å². The van der Waals surface area contributed by atoms with Gasteiger partial charge in [-0.25, -0.2) is 27.7 Å². The number of alkyl halides is 5. The zero-order valence-corrected chi connectivity index (χ0v) is 23.3. The van der Waals surface area contributed by atoms with Crippen molar-refractivity contribution in [1.29, 1.82) is 0 Å². The van der Waals surface area contributed by atoms with E-state index in [0.717, 1.165) is 13.8 Å². The number of carbonyl (C=O) groups is 2. The summed E-state index contributed by atoms with van der Waals surface area (Å²) < 4.78 is 71.7. The monoisotopic (exact) mass is 604 g/mol. The Bertz CT molecular complexity index is 1410. The second-order valence-electron chi connectivity index (χ2n) is 10.7. The lowest BCUT2D eigenvalue weighted by Crippen LogP contribution is -2.42. The zero-order valence-electron chi connectivity index (χ0n) is 22.4. The second kappa shape index (κ2) is 11.4. The van der Waals surface area contributed by atoms with Gasteiger partial charge in [0, 0.05) is 19.6 Å². The van der Waals surface area contributed by atoms with Crippen molar-refractivity contribution in [3.63, 3.8) is 0 Å². The normalized spacial score (nSPS) is 19.4. The maximum Gasteiger partial charge on any atom is 0.393 e. The third-order valence-corrected chi connectivity index (χ3v) is 7.75. The Morgan fingerprint density at radius 2 is 2.02 bits per heavy atom. The third kappa shape index (κ3) is 6.70. The molecule has 0 aliphatic carbocycles. The average Bonchev–Trinajstić information content (AvgIpc) is 3.48. The molecular weight excluding hydrogens is 575 g/mol. The first-order chi connectivity index (χ1) is 19.1. The topological polar surface area (TPSA) is 131 Å². The highest BCUT2D eigenvalue weighted by atomic mass is 32.1. The van der Waals surface area contributed by atoms with Crippen LogP contribution >= 0.6 is 12.6 Å². The molecule has 4 rings (SSSR count). The summed E-state index contributed by atoms with van der Waals surface area (Å²) in [5.41, 5.74) is -0.843. The summed E-state index contributed by atoms with van der Waals surface area (Å²) in [6, 6.07) is 0.137. The lowest BCUT2D eigenvalue weighted by Gasteiger charge is -2.29. The van der Waals surface area contributed by atoms with Gasteiger partial charge in [0.05, 0.1) is 34.3 Å². The number of rotatable bonds is 9. The van der Waals surface area contributed by atoms with Gasteiger partial charge in [0.1, 0.15) is 5.69 Å². The fourth-order valence-corrected chi connectivity index (χ4v) is 4.39. The third-order valence-electron chi connectivity index (χ3n) is 7.18. The molecule has 4 heterocycles. The van der Waals surface area contributed by atoms with Gasteiger partial charge < -0.3 is 15.5 Å². The first-order valence-corrected chi connectivity index (χ1v) is 13.1. The Morgan fingerprint density at radius 3 is 2.66 bits per heavy atom. The van der Waals surface area contributed by atoms with Gasteiger partial charge in [-0.3, -0.25) is 4.79 Å². The highest BCUT2D eigenvalue weighted by Gasteiger charge is 2.47. The van der Waals surface area contributed by atoms with E-state index in [4.69, 9.17) is 0 Å². The number of hydrogen-bond acceptors (Lipinski definition) is 8. The summed E-state index contributed by atoms with van der Waals surface area (Å²) in [4.78, 5) is 31.2. The molecule has 0 saturated carbocycles. The van der Waals surface area contributed by atoms with Crippen molar-refractivity contribution in [2.75, 3.05) is 13.1 Å². The van der Waals surface area contributed by atoms with Gasteiger partial charge in [0.2, 0.25) is 0 Å². The van der Waals surface area contributed by atoms with Crippen molar-refractivity contribution in [3.8, 4) is 0 Å². The number of hydrogen-bond donors (Lipinski definition) is 3. The number of aromatic nitrogens is 5. The van der Waals surface area contributed by atoms with Crippen LogP contribution in [0.2, 0.25) is 0 Å². The van der Waals surface area contributed by atoms with E-state index in [1.165, 1.54) is 28.7 Å². The number of nitrogens with one attached hydrogen (secondary N) is 2. The number of urea groups is 1. The Morgan fingerprint density at radius 1 is 1.29 bits per heavy atom. The summed E-state index contributed by atoms with van der Waals surface area (Å²) in [5, 5.41) is 16.5. The summed E-state index contributed by atoms with van der Waals surface area (Å²) in [7, 11) is 0. The molecule has 224 valence electrons. The fraction of sp³-hybridized carbons (Fsp3) is 0.583. The van der Waals surface area contributed by atoms with Gasteiger partial charge in [-0.05, 0) is 43.0 Å². The van der Waals surface area contributed by atoms with Gasteiger partial charge in [-0.15, -0.1) is 0 Å². The molecule has 17 heteroatoms. The molecule has 11 nitrogen and oxygen atoms in total. The van der Waals surface area contributed by atoms with E-state index >= 15 is 0 Å². The number of carbonyl (C=O) groups excluding carboxylic acids is 2. The van der Waals surface area contributed by atoms with Gasteiger partial charge in [-0.2, -0.15) is 30.9 Å². The lowest BCUT2D eigenvalue weighted by atomic mass is 9.85. The van der Waals surface area contributed by atoms with E-state index in [1.54, 1.807) is 6.07 Å². The molecule has 3 aromatic rings. The maximum absolute atomic E-state index is 13.5. The Kier molecular flexibility index (Phi) is 8.47. The number of thiol groups is 1. The summed E-state index contributed by atoms with van der Waals surface area (Å²) in [6.07, 6.45) is -4.72. The minimum Gasteiger partial charge on any atom is -0.342 e. The van der Waals surface area contributed by atoms with Crippen LogP contribution < -0.4 is 10.6 Å². The molecule has 0 spiro atoms. The van der Waals surface area contributed by atoms with Crippen LogP contribution in [0.5, 0.6) is 0 Å². The van der Waals surface area contributed by atoms with Crippen LogP contribution in [0.3, 0.4) is 0 Å². The molecule has 3 aromatic heterocycles. The van der Waals surface area contributed by atoms with E-state index in [2.05, 4.69) is 48.3 Å². The minimum absolute atomic E-state index is 0.0317. The smallest absolute Gasteiger partial charge is 0.342 e. The fourth-order valence-electron chi connectivity index (χ4n) is 4.21. The zero-order chi connectivity index (χ0) is 30.2. The lowest BCUT2D eigenvalue weighted by molar-refractivity contribution is -0.214. The summed E-state index contributed by atoms with van der Waals surface area (Å²) >= 11 is 4.07. The molecule has 1 fully saturated rings. The SMILES string of the molecule is Cc1nonc1C(=O)N[C@@H](CCC(C)(C)C(F)(F)F)c1cn2ncc(CN3CC[C@](S)(C(F)F)CNC3=O)cc2n1. The van der Waals surface area contributed by atoms with Gasteiger partial charge in [0.15, 0.2) is 11.3 Å². The molecule has 1 aliphatic heterocycles. The molecule has 0 radical (unpaired) electrons. The molecular formula is C24H29F5N8O3S. The Hall–Kier alpha value is -3.50. The number of imidazole rings is 1. The Balaban J connectivity index is 1.56. The van der Waals surface area contributed by atoms with Crippen molar-refractivity contribution in [2.24, 2.45) is 5.41 Å². The van der Waals surface area contributed by atoms with Crippen LogP contribution in [-0.2, 0) is 6.54 Å². The second-order valence-corrected chi connectivity index (χ2v) is 11.6. The van der Waals surface area contributed by atoms with Gasteiger partial charge in [-0.1, -0.05) is 19.0 Å². The van der Waals surface area contributed by atoms with Crippen molar-refractivity contribution in [2.45, 2.75) is 70.0 Å². The predicted molar refractivity (Wildman–Crippen MR) is 137 cm³/mol. The van der Waals surface area contributed by atoms with Crippen molar-refractivity contribution < 1.29 is 36.2 Å². The molecule has 1 saturated heterocycles. The van der Waals surface area contributed by atoms with Crippen LogP contribution in [-0.4, -0.2) is 72.2 Å². The molecule has 0 aromatic carbocycles. The molecule has 41 heavy (non-hydrogen) atoms. The molecule has 2 atom stereocenters. The predicted octanol–water partition coefficient (Wildman–Crippen LogP) is 4.11. The van der Waals surface area contributed by atoms with Crippen molar-refractivity contribution in [3.05, 3.63) is 41.1 Å². The van der Waals surface area contributed by atoms with Gasteiger partial charge in [0.25, 0.3) is 12.3 Å². The maximum atomic E-state index is 13.5. The number of nitrogens with zero attached hydrogens (tertiary/aromatic N) is 6. The first-order valence-electron chi connectivity index (χ1n) is 12.6. The van der Waals surface area contributed by atoms with E-state index in [1.807, 2.05) is 0 Å². The number of amides is 3. The quantitative estimate of drug-likeness (QED) is 0.248. The largest absolute Gasteiger partial charge is 0.393 e. The number of halogens is 5. The van der Waals surface area contributed by atoms with Crippen LogP contribution in [0, 0.1) is 12.3 Å². The summed E-state index contributed by atoms with van der Waals surface area (Å²) in [5.74, 6) is -0.694. The van der Waals surface area contributed by atoms with E-state index in [9.17, 15) is 31.5 Å². The van der Waals surface area contributed by atoms with Crippen LogP contribution in [0.25, 0.3) is 5.65 Å². The van der Waals surface area contributed by atoms with E-state index < -0.39 is 40.7 Å². The minimum atomic E-state index is -4.47. The van der Waals surface area contributed by atoms with Crippen molar-refractivity contribution >= 4 is 30.2 Å². The van der Waals surface area contributed by atoms with Gasteiger partial charge >= 0.3 is 12.2 Å². The first kappa shape index (κ1) is 30.5. The Labute approximate surface area is 236 Å². The summed E-state index contributed by atoms with van der Waals surface area (Å²) in [6.45, 7) is 3.44. The molecule has 1 aliphatic rings. The highest BCUT2D eigenvalue weighted by Crippen LogP contribution is 2.42. The number of aryl methyl sites for hydroxylation is 1. The highest BCUT2D eigenvalue weighted by molar-refractivity contribution is 7.81. The molecule has 0 bridgehead atoms. The average molecular weight is 605 g/mol. The number of fused-ring (bicyclic) bond motifs is 1. The van der Waals surface area contributed by atoms with E-state index in [0.29, 0.717) is 11.2 Å².